The molecule has 0 amide bonds. The van der Waals surface area contributed by atoms with E-state index in [9.17, 15) is 43.2 Å². The van der Waals surface area contributed by atoms with Crippen molar-refractivity contribution in [3.05, 3.63) is 0 Å². The first-order valence-electron chi connectivity index (χ1n) is 40.2. The second kappa shape index (κ2) is 67.2. The van der Waals surface area contributed by atoms with Crippen molar-refractivity contribution in [3.8, 4) is 0 Å². The molecule has 4 unspecified atom stereocenters. The number of ether oxygens (including phenoxy) is 4. The van der Waals surface area contributed by atoms with Crippen LogP contribution in [0.3, 0.4) is 0 Å². The van der Waals surface area contributed by atoms with Crippen molar-refractivity contribution in [1.29, 1.82) is 0 Å². The number of esters is 4. The first-order valence-corrected chi connectivity index (χ1v) is 43.2. The van der Waals surface area contributed by atoms with Crippen LogP contribution in [0.25, 0.3) is 0 Å². The number of carbonyl (C=O) groups is 4. The van der Waals surface area contributed by atoms with Crippen LogP contribution in [0.1, 0.15) is 396 Å². The molecule has 0 aliphatic rings. The van der Waals surface area contributed by atoms with Crippen molar-refractivity contribution >= 4 is 39.5 Å². The molecule has 0 spiro atoms. The van der Waals surface area contributed by atoms with Gasteiger partial charge in [-0.15, -0.1) is 0 Å². The molecule has 0 aliphatic carbocycles. The summed E-state index contributed by atoms with van der Waals surface area (Å²) in [5, 5.41) is 10.6. The van der Waals surface area contributed by atoms with Crippen LogP contribution in [0.2, 0.25) is 0 Å². The van der Waals surface area contributed by atoms with Crippen molar-refractivity contribution in [3.63, 3.8) is 0 Å². The number of hydrogen-bond acceptors (Lipinski definition) is 15. The van der Waals surface area contributed by atoms with E-state index in [-0.39, 0.29) is 25.7 Å². The smallest absolute Gasteiger partial charge is 0.462 e. The van der Waals surface area contributed by atoms with Crippen LogP contribution in [-0.2, 0) is 65.4 Å². The van der Waals surface area contributed by atoms with E-state index in [1.807, 2.05) is 0 Å². The lowest BCUT2D eigenvalue weighted by Crippen LogP contribution is -2.30. The Bertz CT molecular complexity index is 1900. The van der Waals surface area contributed by atoms with Crippen molar-refractivity contribution < 1.29 is 80.2 Å². The molecule has 576 valence electrons. The van der Waals surface area contributed by atoms with Crippen molar-refractivity contribution in [2.24, 2.45) is 23.7 Å². The number of unbranched alkanes of at least 4 members (excludes halogenated alkanes) is 40. The summed E-state index contributed by atoms with van der Waals surface area (Å²) < 4.78 is 68.6. The van der Waals surface area contributed by atoms with Gasteiger partial charge in [0.25, 0.3) is 0 Å². The molecule has 0 bridgehead atoms. The summed E-state index contributed by atoms with van der Waals surface area (Å²) in [6, 6.07) is 0. The second-order valence-electron chi connectivity index (χ2n) is 29.8. The normalized spacial score (nSPS) is 14.4. The zero-order valence-corrected chi connectivity index (χ0v) is 65.5. The Labute approximate surface area is 594 Å². The minimum absolute atomic E-state index is 0.102. The minimum Gasteiger partial charge on any atom is -0.462 e. The molecule has 0 saturated carbocycles. The number of rotatable bonds is 75. The Balaban J connectivity index is 5.23. The zero-order chi connectivity index (χ0) is 71.7. The van der Waals surface area contributed by atoms with Crippen LogP contribution >= 0.6 is 15.6 Å². The summed E-state index contributed by atoms with van der Waals surface area (Å²) >= 11 is 0. The van der Waals surface area contributed by atoms with Gasteiger partial charge in [0, 0.05) is 25.7 Å². The Morgan fingerprint density at radius 3 is 0.732 bits per heavy atom. The van der Waals surface area contributed by atoms with Crippen molar-refractivity contribution in [2.75, 3.05) is 39.6 Å². The molecule has 0 rings (SSSR count). The SMILES string of the molecule is CCC(C)CCCCCCCCC(=O)O[C@H](COC(=O)CCCCCCCCCCC(C)C)COP(=O)(O)OCC(O)COP(=O)(O)OC[C@@H](COC(=O)CCCCCCCCCCCCCCCCC(C)C)OC(=O)CCCCCCCCCCCCCCCCCCC(C)C. The van der Waals surface area contributed by atoms with Gasteiger partial charge in [0.15, 0.2) is 12.2 Å². The van der Waals surface area contributed by atoms with E-state index < -0.39 is 97.5 Å². The molecule has 17 nitrogen and oxygen atoms in total. The maximum absolute atomic E-state index is 13.1. The summed E-state index contributed by atoms with van der Waals surface area (Å²) in [6.07, 6.45) is 52.9. The minimum atomic E-state index is -4.96. The van der Waals surface area contributed by atoms with Crippen molar-refractivity contribution in [1.82, 2.24) is 0 Å². The molecule has 0 aromatic heterocycles. The largest absolute Gasteiger partial charge is 0.472 e. The van der Waals surface area contributed by atoms with E-state index >= 15 is 0 Å². The van der Waals surface area contributed by atoms with Crippen LogP contribution in [0.15, 0.2) is 0 Å². The van der Waals surface area contributed by atoms with E-state index in [0.29, 0.717) is 25.7 Å². The number of hydrogen-bond donors (Lipinski definition) is 3. The maximum atomic E-state index is 13.1. The number of phosphoric ester groups is 2. The molecule has 0 aromatic carbocycles. The van der Waals surface area contributed by atoms with Gasteiger partial charge in [-0.05, 0) is 49.4 Å². The van der Waals surface area contributed by atoms with Gasteiger partial charge in [-0.3, -0.25) is 37.3 Å². The van der Waals surface area contributed by atoms with Gasteiger partial charge in [0.1, 0.15) is 19.3 Å². The molecule has 0 fully saturated rings. The van der Waals surface area contributed by atoms with Gasteiger partial charge >= 0.3 is 39.5 Å². The predicted molar refractivity (Wildman–Crippen MR) is 395 cm³/mol. The van der Waals surface area contributed by atoms with Gasteiger partial charge in [-0.1, -0.05) is 344 Å². The summed E-state index contributed by atoms with van der Waals surface area (Å²) in [5.41, 5.74) is 0. The molecular formula is C78H152O17P2. The average molecular weight is 1420 g/mol. The Kier molecular flexibility index (Phi) is 65.9. The van der Waals surface area contributed by atoms with Crippen LogP contribution in [0, 0.1) is 23.7 Å². The highest BCUT2D eigenvalue weighted by Crippen LogP contribution is 2.45. The number of aliphatic hydroxyl groups is 1. The van der Waals surface area contributed by atoms with Gasteiger partial charge < -0.3 is 33.8 Å². The topological polar surface area (TPSA) is 237 Å². The van der Waals surface area contributed by atoms with E-state index in [1.165, 1.54) is 199 Å². The van der Waals surface area contributed by atoms with E-state index in [0.717, 1.165) is 114 Å². The first kappa shape index (κ1) is 95.1. The lowest BCUT2D eigenvalue weighted by molar-refractivity contribution is -0.161. The first-order chi connectivity index (χ1) is 46.6. The highest BCUT2D eigenvalue weighted by atomic mass is 31.2. The average Bonchev–Trinajstić information content (AvgIpc) is 1.10. The van der Waals surface area contributed by atoms with Crippen LogP contribution in [0.4, 0.5) is 0 Å². The third-order valence-corrected chi connectivity index (χ3v) is 20.3. The molecule has 0 aromatic rings. The maximum Gasteiger partial charge on any atom is 0.472 e. The number of aliphatic hydroxyl groups excluding tert-OH is 1. The third kappa shape index (κ3) is 70.9. The lowest BCUT2D eigenvalue weighted by Gasteiger charge is -2.21. The molecule has 0 heterocycles. The molecule has 6 atom stereocenters. The van der Waals surface area contributed by atoms with Crippen molar-refractivity contribution in [2.45, 2.75) is 414 Å². The van der Waals surface area contributed by atoms with Gasteiger partial charge in [0.2, 0.25) is 0 Å². The van der Waals surface area contributed by atoms with Gasteiger partial charge in [-0.25, -0.2) is 9.13 Å². The molecular weight excluding hydrogens is 1270 g/mol. The zero-order valence-electron chi connectivity index (χ0n) is 63.7. The molecule has 3 N–H and O–H groups in total. The molecule has 0 aliphatic heterocycles. The number of carbonyl (C=O) groups excluding carboxylic acids is 4. The molecule has 0 saturated heterocycles. The van der Waals surface area contributed by atoms with Gasteiger partial charge in [0.05, 0.1) is 26.4 Å². The van der Waals surface area contributed by atoms with E-state index in [2.05, 4.69) is 55.4 Å². The molecule has 19 heteroatoms. The Morgan fingerprint density at radius 2 is 0.495 bits per heavy atom. The standard InChI is InChI=1S/C78H152O17P2/c1-9-71(8)57-49-41-36-37-45-53-61-78(83)95-74(65-89-76(81)59-51-43-34-29-28-32-40-48-56-70(6)7)67-93-97(86,87)91-63-72(79)62-90-96(84,85)92-66-73(64-88-75(80)58-50-42-33-26-22-18-15-14-17-21-25-31-39-47-55-69(4)5)94-77(82)60-52-44-35-27-23-19-13-11-10-12-16-20-24-30-38-46-54-68(2)3/h68-74,79H,9-67H2,1-8H3,(H,84,85)(H,86,87)/t71?,72?,73-,74-/m1/s1. The third-order valence-electron chi connectivity index (χ3n) is 18.4. The Hall–Kier alpha value is -1.94. The lowest BCUT2D eigenvalue weighted by atomic mass is 10.00. The predicted octanol–water partition coefficient (Wildman–Crippen LogP) is 22.8. The quantitative estimate of drug-likeness (QED) is 0.0222. The van der Waals surface area contributed by atoms with E-state index in [4.69, 9.17) is 37.0 Å². The summed E-state index contributed by atoms with van der Waals surface area (Å²) in [7, 11) is -9.92. The van der Waals surface area contributed by atoms with Crippen LogP contribution in [0.5, 0.6) is 0 Å². The van der Waals surface area contributed by atoms with E-state index in [1.54, 1.807) is 0 Å². The summed E-state index contributed by atoms with van der Waals surface area (Å²) in [6.45, 7) is 14.2. The second-order valence-corrected chi connectivity index (χ2v) is 32.7. The highest BCUT2D eigenvalue weighted by Gasteiger charge is 2.30. The summed E-state index contributed by atoms with van der Waals surface area (Å²) in [5.74, 6) is 0.934. The van der Waals surface area contributed by atoms with Crippen LogP contribution < -0.4 is 0 Å². The Morgan fingerprint density at radius 1 is 0.289 bits per heavy atom. The fraction of sp³-hybridized carbons (Fsp3) is 0.949. The molecule has 97 heavy (non-hydrogen) atoms. The fourth-order valence-corrected chi connectivity index (χ4v) is 13.5. The monoisotopic (exact) mass is 1420 g/mol. The number of phosphoric acid groups is 2. The fourth-order valence-electron chi connectivity index (χ4n) is 11.9. The molecule has 0 radical (unpaired) electrons. The van der Waals surface area contributed by atoms with Gasteiger partial charge in [-0.2, -0.15) is 0 Å². The highest BCUT2D eigenvalue weighted by molar-refractivity contribution is 7.47. The summed E-state index contributed by atoms with van der Waals surface area (Å²) in [4.78, 5) is 72.9. The van der Waals surface area contributed by atoms with Crippen LogP contribution in [-0.4, -0.2) is 96.7 Å².